The molecule has 1 aromatic heterocycles. The number of rotatable bonds is 9. The van der Waals surface area contributed by atoms with Gasteiger partial charge >= 0.3 is 6.09 Å². The number of aromatic nitrogens is 2. The fourth-order valence-electron chi connectivity index (χ4n) is 5.96. The Kier molecular flexibility index (Phi) is 10.1. The van der Waals surface area contributed by atoms with Crippen LogP contribution in [-0.4, -0.2) is 94.7 Å². The number of ether oxygens (including phenoxy) is 4. The monoisotopic (exact) mass is 653 g/mol. The van der Waals surface area contributed by atoms with Gasteiger partial charge in [0.2, 0.25) is 5.95 Å². The van der Waals surface area contributed by atoms with E-state index in [9.17, 15) is 4.79 Å². The van der Waals surface area contributed by atoms with Gasteiger partial charge in [0, 0.05) is 74.7 Å². The van der Waals surface area contributed by atoms with Crippen LogP contribution in [0, 0.1) is 13.8 Å². The lowest BCUT2D eigenvalue weighted by atomic mass is 10.1. The molecule has 1 N–H and O–H groups in total. The van der Waals surface area contributed by atoms with Crippen molar-refractivity contribution in [3.05, 3.63) is 78.0 Å². The molecule has 1 amide bonds. The SMILES string of the molecule is COc1ccc(N(C(=O)Oc2c(C)cccc2C)c2ccnc(Nc3cc(N4CCOCC4)cc(N4CCN(C)CC4)c3)n2)c(OC)c1. The summed E-state index contributed by atoms with van der Waals surface area (Å²) >= 11 is 0. The maximum absolute atomic E-state index is 14.1. The largest absolute Gasteiger partial charge is 0.497 e. The van der Waals surface area contributed by atoms with E-state index < -0.39 is 6.09 Å². The molecule has 2 aliphatic rings. The van der Waals surface area contributed by atoms with E-state index in [2.05, 4.69) is 50.2 Å². The molecular weight excluding hydrogens is 610 g/mol. The van der Waals surface area contributed by atoms with E-state index in [0.717, 1.165) is 67.5 Å². The number of piperazine rings is 1. The minimum atomic E-state index is -0.646. The number of nitrogens with zero attached hydrogens (tertiary/aromatic N) is 6. The van der Waals surface area contributed by atoms with Crippen molar-refractivity contribution in [1.82, 2.24) is 14.9 Å². The van der Waals surface area contributed by atoms with Crippen molar-refractivity contribution in [2.45, 2.75) is 13.8 Å². The van der Waals surface area contributed by atoms with Crippen LogP contribution in [0.25, 0.3) is 0 Å². The number of methoxy groups -OCH3 is 2. The van der Waals surface area contributed by atoms with Crippen LogP contribution in [0.3, 0.4) is 0 Å². The van der Waals surface area contributed by atoms with E-state index in [0.29, 0.717) is 47.9 Å². The first-order valence-corrected chi connectivity index (χ1v) is 16.1. The Morgan fingerprint density at radius 1 is 0.854 bits per heavy atom. The molecule has 48 heavy (non-hydrogen) atoms. The highest BCUT2D eigenvalue weighted by Crippen LogP contribution is 2.38. The van der Waals surface area contributed by atoms with Crippen molar-refractivity contribution in [3.8, 4) is 17.2 Å². The van der Waals surface area contributed by atoms with E-state index in [1.807, 2.05) is 32.0 Å². The van der Waals surface area contributed by atoms with E-state index in [-0.39, 0.29) is 0 Å². The zero-order valence-corrected chi connectivity index (χ0v) is 28.2. The van der Waals surface area contributed by atoms with Crippen molar-refractivity contribution in [1.29, 1.82) is 0 Å². The van der Waals surface area contributed by atoms with Crippen molar-refractivity contribution in [3.63, 3.8) is 0 Å². The molecule has 0 saturated carbocycles. The molecular formula is C36H43N7O5. The fraction of sp³-hybridized carbons (Fsp3) is 0.361. The fourth-order valence-corrected chi connectivity index (χ4v) is 5.96. The third-order valence-electron chi connectivity index (χ3n) is 8.68. The summed E-state index contributed by atoms with van der Waals surface area (Å²) in [5.74, 6) is 2.11. The Hall–Kier alpha value is -5.07. The number of hydrogen-bond acceptors (Lipinski definition) is 11. The van der Waals surface area contributed by atoms with Crippen molar-refractivity contribution in [2.24, 2.45) is 0 Å². The summed E-state index contributed by atoms with van der Waals surface area (Å²) in [6, 6.07) is 19.1. The Bertz CT molecular complexity index is 1720. The van der Waals surface area contributed by atoms with Crippen LogP contribution in [0.5, 0.6) is 17.2 Å². The smallest absolute Gasteiger partial charge is 0.425 e. The molecule has 12 nitrogen and oxygen atoms in total. The average molecular weight is 654 g/mol. The van der Waals surface area contributed by atoms with Gasteiger partial charge in [-0.3, -0.25) is 0 Å². The molecule has 12 heteroatoms. The highest BCUT2D eigenvalue weighted by atomic mass is 16.6. The Labute approximate surface area is 281 Å². The minimum Gasteiger partial charge on any atom is -0.497 e. The highest BCUT2D eigenvalue weighted by Gasteiger charge is 2.27. The van der Waals surface area contributed by atoms with Crippen LogP contribution >= 0.6 is 0 Å². The first kappa shape index (κ1) is 32.9. The number of para-hydroxylation sites is 1. The lowest BCUT2D eigenvalue weighted by Crippen LogP contribution is -2.44. The van der Waals surface area contributed by atoms with Gasteiger partial charge in [0.15, 0.2) is 0 Å². The lowest BCUT2D eigenvalue weighted by Gasteiger charge is -2.35. The molecule has 6 rings (SSSR count). The highest BCUT2D eigenvalue weighted by molar-refractivity contribution is 5.98. The van der Waals surface area contributed by atoms with Crippen molar-refractivity contribution in [2.75, 3.05) is 93.8 Å². The quantitative estimate of drug-likeness (QED) is 0.238. The number of anilines is 6. The van der Waals surface area contributed by atoms with Gasteiger partial charge in [-0.15, -0.1) is 0 Å². The normalized spacial score (nSPS) is 15.2. The van der Waals surface area contributed by atoms with Crippen molar-refractivity contribution >= 4 is 40.6 Å². The predicted molar refractivity (Wildman–Crippen MR) is 188 cm³/mol. The van der Waals surface area contributed by atoms with Gasteiger partial charge in [0.1, 0.15) is 23.1 Å². The number of carbonyl (C=O) groups is 1. The standard InChI is InChI=1S/C36H43N7O5/c1-25-7-6-8-26(2)34(25)48-36(44)43(31-10-9-30(45-4)24-32(31)46-5)33-11-12-37-35(39-33)38-27-21-28(41-15-13-40(3)14-16-41)23-29(22-27)42-17-19-47-20-18-42/h6-12,21-24H,13-20H2,1-5H3,(H,37,38,39). The topological polar surface area (TPSA) is 105 Å². The number of nitrogens with one attached hydrogen (secondary N) is 1. The van der Waals surface area contributed by atoms with E-state index in [4.69, 9.17) is 23.9 Å². The molecule has 3 aromatic carbocycles. The summed E-state index contributed by atoms with van der Waals surface area (Å²) in [6.07, 6.45) is 0.972. The molecule has 0 spiro atoms. The van der Waals surface area contributed by atoms with Gasteiger partial charge in [-0.1, -0.05) is 18.2 Å². The number of amides is 1. The predicted octanol–water partition coefficient (Wildman–Crippen LogP) is 5.78. The first-order chi connectivity index (χ1) is 23.3. The van der Waals surface area contributed by atoms with Crippen LogP contribution in [0.2, 0.25) is 0 Å². The van der Waals surface area contributed by atoms with E-state index in [1.165, 1.54) is 4.90 Å². The zero-order valence-electron chi connectivity index (χ0n) is 28.2. The second-order valence-corrected chi connectivity index (χ2v) is 12.0. The zero-order chi connectivity index (χ0) is 33.6. The molecule has 252 valence electrons. The van der Waals surface area contributed by atoms with Crippen LogP contribution < -0.4 is 34.2 Å². The number of hydrogen-bond donors (Lipinski definition) is 1. The van der Waals surface area contributed by atoms with Crippen LogP contribution in [0.15, 0.2) is 66.9 Å². The summed E-state index contributed by atoms with van der Waals surface area (Å²) in [5, 5.41) is 3.42. The van der Waals surface area contributed by atoms with Crippen LogP contribution in [-0.2, 0) is 4.74 Å². The van der Waals surface area contributed by atoms with Gasteiger partial charge in [-0.2, -0.15) is 4.98 Å². The maximum Gasteiger partial charge on any atom is 0.425 e. The summed E-state index contributed by atoms with van der Waals surface area (Å²) in [6.45, 7) is 10.7. The Balaban J connectivity index is 1.36. The molecule has 0 atom stereocenters. The molecule has 2 aliphatic heterocycles. The average Bonchev–Trinajstić information content (AvgIpc) is 3.11. The Morgan fingerprint density at radius 2 is 1.54 bits per heavy atom. The van der Waals surface area contributed by atoms with E-state index >= 15 is 0 Å². The third kappa shape index (κ3) is 7.40. The summed E-state index contributed by atoms with van der Waals surface area (Å²) in [5.41, 5.74) is 5.20. The van der Waals surface area contributed by atoms with Crippen LogP contribution in [0.4, 0.5) is 39.3 Å². The van der Waals surface area contributed by atoms with Crippen LogP contribution in [0.1, 0.15) is 11.1 Å². The summed E-state index contributed by atoms with van der Waals surface area (Å²) in [7, 11) is 5.27. The molecule has 0 bridgehead atoms. The maximum atomic E-state index is 14.1. The van der Waals surface area contributed by atoms with Crippen molar-refractivity contribution < 1.29 is 23.7 Å². The second kappa shape index (κ2) is 14.8. The molecule has 0 aliphatic carbocycles. The molecule has 4 aromatic rings. The molecule has 0 unspecified atom stereocenters. The number of aryl methyl sites for hydroxylation is 2. The van der Waals surface area contributed by atoms with Gasteiger partial charge in [-0.25, -0.2) is 14.7 Å². The van der Waals surface area contributed by atoms with E-state index in [1.54, 1.807) is 44.7 Å². The van der Waals surface area contributed by atoms with Gasteiger partial charge in [-0.05, 0) is 62.4 Å². The third-order valence-corrected chi connectivity index (χ3v) is 8.68. The molecule has 0 radical (unpaired) electrons. The summed E-state index contributed by atoms with van der Waals surface area (Å²) < 4.78 is 22.8. The van der Waals surface area contributed by atoms with Gasteiger partial charge < -0.3 is 39.0 Å². The van der Waals surface area contributed by atoms with Gasteiger partial charge in [0.05, 0.1) is 33.1 Å². The number of benzene rings is 3. The number of morpholine rings is 1. The summed E-state index contributed by atoms with van der Waals surface area (Å²) in [4.78, 5) is 31.9. The minimum absolute atomic E-state index is 0.302. The van der Waals surface area contributed by atoms with Gasteiger partial charge in [0.25, 0.3) is 0 Å². The molecule has 2 saturated heterocycles. The molecule has 2 fully saturated rings. The second-order valence-electron chi connectivity index (χ2n) is 12.0. The Morgan fingerprint density at radius 3 is 2.21 bits per heavy atom. The molecule has 3 heterocycles. The number of likely N-dealkylation sites (N-methyl/N-ethyl adjacent to an activating group) is 1. The lowest BCUT2D eigenvalue weighted by molar-refractivity contribution is 0.122. The number of carbonyl (C=O) groups excluding carboxylic acids is 1. The first-order valence-electron chi connectivity index (χ1n) is 16.1.